The molecule has 6 heteroatoms. The summed E-state index contributed by atoms with van der Waals surface area (Å²) in [6.45, 7) is 0. The van der Waals surface area contributed by atoms with Gasteiger partial charge in [-0.2, -0.15) is 0 Å². The van der Waals surface area contributed by atoms with Gasteiger partial charge in [-0.05, 0) is 49.5 Å². The number of methoxy groups -OCH3 is 1. The van der Waals surface area contributed by atoms with Gasteiger partial charge in [0.1, 0.15) is 0 Å². The zero-order chi connectivity index (χ0) is 20.4. The number of hydrogen-bond donors (Lipinski definition) is 3. The molecule has 0 radical (unpaired) electrons. The summed E-state index contributed by atoms with van der Waals surface area (Å²) in [5.41, 5.74) is 0. The fourth-order valence-electron chi connectivity index (χ4n) is 3.64. The highest BCUT2D eigenvalue weighted by atomic mass is 32.1. The van der Waals surface area contributed by atoms with Crippen LogP contribution in [0.5, 0.6) is 0 Å². The number of aliphatic hydroxyl groups is 3. The van der Waals surface area contributed by atoms with Crippen molar-refractivity contribution in [3.05, 3.63) is 46.7 Å². The van der Waals surface area contributed by atoms with Gasteiger partial charge in [-0.25, -0.2) is 0 Å². The van der Waals surface area contributed by atoms with Crippen molar-refractivity contribution in [1.29, 1.82) is 0 Å². The average Bonchev–Trinajstić information content (AvgIpc) is 3.29. The summed E-state index contributed by atoms with van der Waals surface area (Å²) in [4.78, 5) is 12.3. The lowest BCUT2D eigenvalue weighted by Gasteiger charge is -2.19. The van der Waals surface area contributed by atoms with Gasteiger partial charge < -0.3 is 20.1 Å². The summed E-state index contributed by atoms with van der Waals surface area (Å²) < 4.78 is 4.61. The van der Waals surface area contributed by atoms with E-state index in [4.69, 9.17) is 0 Å². The molecule has 0 unspecified atom stereocenters. The normalized spacial score (nSPS) is 26.3. The lowest BCUT2D eigenvalue weighted by atomic mass is 9.89. The Bertz CT molecular complexity index is 625. The van der Waals surface area contributed by atoms with Crippen molar-refractivity contribution in [2.24, 2.45) is 11.8 Å². The van der Waals surface area contributed by atoms with Gasteiger partial charge in [-0.3, -0.25) is 4.79 Å². The molecule has 0 aliphatic heterocycles. The van der Waals surface area contributed by atoms with Gasteiger partial charge in [0, 0.05) is 23.6 Å². The number of allylic oxidation sites excluding steroid dienone is 2. The molecular weight excluding hydrogens is 376 g/mol. The molecule has 1 saturated carbocycles. The van der Waals surface area contributed by atoms with Gasteiger partial charge in [0.2, 0.25) is 0 Å². The number of thiophene rings is 1. The van der Waals surface area contributed by atoms with Crippen LogP contribution in [0.4, 0.5) is 0 Å². The van der Waals surface area contributed by atoms with Crippen LogP contribution in [-0.4, -0.2) is 46.7 Å². The highest BCUT2D eigenvalue weighted by Crippen LogP contribution is 2.36. The van der Waals surface area contributed by atoms with E-state index in [0.29, 0.717) is 25.7 Å². The molecule has 3 N–H and O–H groups in total. The van der Waals surface area contributed by atoms with Gasteiger partial charge >= 0.3 is 5.97 Å². The van der Waals surface area contributed by atoms with Crippen LogP contribution in [0.25, 0.3) is 0 Å². The van der Waals surface area contributed by atoms with E-state index in [1.54, 1.807) is 17.4 Å². The Kier molecular flexibility index (Phi) is 9.92. The highest BCUT2D eigenvalue weighted by molar-refractivity contribution is 7.09. The van der Waals surface area contributed by atoms with E-state index in [-0.39, 0.29) is 17.8 Å². The molecular formula is C22H32O5S. The maximum Gasteiger partial charge on any atom is 0.305 e. The van der Waals surface area contributed by atoms with E-state index in [2.05, 4.69) is 10.8 Å². The van der Waals surface area contributed by atoms with Gasteiger partial charge in [0.15, 0.2) is 0 Å². The summed E-state index contributed by atoms with van der Waals surface area (Å²) in [7, 11) is 1.39. The van der Waals surface area contributed by atoms with Crippen LogP contribution in [0.2, 0.25) is 0 Å². The first-order valence-electron chi connectivity index (χ1n) is 9.98. The summed E-state index contributed by atoms with van der Waals surface area (Å²) >= 11 is 1.69. The third-order valence-electron chi connectivity index (χ3n) is 5.29. The quantitative estimate of drug-likeness (QED) is 0.297. The Morgan fingerprint density at radius 1 is 1.36 bits per heavy atom. The van der Waals surface area contributed by atoms with Crippen molar-refractivity contribution in [2.75, 3.05) is 7.11 Å². The van der Waals surface area contributed by atoms with E-state index in [1.165, 1.54) is 12.0 Å². The van der Waals surface area contributed by atoms with Crippen molar-refractivity contribution < 1.29 is 24.9 Å². The van der Waals surface area contributed by atoms with Crippen LogP contribution in [0.1, 0.15) is 43.4 Å². The zero-order valence-electron chi connectivity index (χ0n) is 16.4. The smallest absolute Gasteiger partial charge is 0.305 e. The number of rotatable bonds is 11. The van der Waals surface area contributed by atoms with Crippen molar-refractivity contribution >= 4 is 17.3 Å². The molecule has 0 saturated heterocycles. The predicted molar refractivity (Wildman–Crippen MR) is 111 cm³/mol. The van der Waals surface area contributed by atoms with Crippen molar-refractivity contribution in [3.8, 4) is 0 Å². The number of aryl methyl sites for hydroxylation is 1. The second-order valence-corrected chi connectivity index (χ2v) is 8.39. The maximum absolute atomic E-state index is 11.1. The van der Waals surface area contributed by atoms with E-state index in [0.717, 1.165) is 19.3 Å². The molecule has 5 nitrogen and oxygen atoms in total. The third kappa shape index (κ3) is 7.51. The van der Waals surface area contributed by atoms with Gasteiger partial charge in [-0.1, -0.05) is 30.4 Å². The molecule has 1 fully saturated rings. The van der Waals surface area contributed by atoms with E-state index < -0.39 is 18.3 Å². The van der Waals surface area contributed by atoms with Crippen molar-refractivity contribution in [2.45, 2.75) is 63.3 Å². The SMILES string of the molecule is COC(=O)CCC/C=C\C[C@@H]1[C@@H](/C=C/[C@@H](O)CCc2cccs2)[C@H](O)C[C@@H]1O. The minimum atomic E-state index is -0.589. The minimum Gasteiger partial charge on any atom is -0.469 e. The second kappa shape index (κ2) is 12.2. The molecule has 0 aromatic carbocycles. The van der Waals surface area contributed by atoms with Gasteiger partial charge in [-0.15, -0.1) is 11.3 Å². The topological polar surface area (TPSA) is 87.0 Å². The molecule has 1 aromatic rings. The number of unbranched alkanes of at least 4 members (excludes halogenated alkanes) is 1. The van der Waals surface area contributed by atoms with E-state index >= 15 is 0 Å². The number of carbonyl (C=O) groups is 1. The highest BCUT2D eigenvalue weighted by Gasteiger charge is 2.39. The largest absolute Gasteiger partial charge is 0.469 e. The first kappa shape index (κ1) is 22.8. The van der Waals surface area contributed by atoms with Crippen LogP contribution < -0.4 is 0 Å². The molecule has 1 aliphatic rings. The Morgan fingerprint density at radius 2 is 2.18 bits per heavy atom. The summed E-state index contributed by atoms with van der Waals surface area (Å²) in [5.74, 6) is -0.427. The molecule has 156 valence electrons. The van der Waals surface area contributed by atoms with Crippen LogP contribution in [-0.2, 0) is 16.0 Å². The zero-order valence-corrected chi connectivity index (χ0v) is 17.3. The molecule has 0 amide bonds. The van der Waals surface area contributed by atoms with Crippen molar-refractivity contribution in [3.63, 3.8) is 0 Å². The van der Waals surface area contributed by atoms with Crippen LogP contribution >= 0.6 is 11.3 Å². The van der Waals surface area contributed by atoms with Crippen LogP contribution in [0.15, 0.2) is 41.8 Å². The van der Waals surface area contributed by atoms with E-state index in [9.17, 15) is 20.1 Å². The number of hydrogen-bond acceptors (Lipinski definition) is 6. The van der Waals surface area contributed by atoms with E-state index in [1.807, 2.05) is 29.7 Å². The van der Waals surface area contributed by atoms with Crippen LogP contribution in [0, 0.1) is 11.8 Å². The number of esters is 1. The minimum absolute atomic E-state index is 0.0624. The molecule has 0 bridgehead atoms. The van der Waals surface area contributed by atoms with Gasteiger partial charge in [0.25, 0.3) is 0 Å². The monoisotopic (exact) mass is 408 g/mol. The third-order valence-corrected chi connectivity index (χ3v) is 6.23. The van der Waals surface area contributed by atoms with Crippen molar-refractivity contribution in [1.82, 2.24) is 0 Å². The summed E-state index contributed by atoms with van der Waals surface area (Å²) in [5, 5.41) is 32.8. The first-order chi connectivity index (χ1) is 13.5. The lowest BCUT2D eigenvalue weighted by Crippen LogP contribution is -2.20. The molecule has 5 atom stereocenters. The molecule has 1 aromatic heterocycles. The number of ether oxygens (including phenoxy) is 1. The standard InChI is InChI=1S/C22H32O5S/c1-27-22(26)9-5-3-2-4-8-18-19(21(25)15-20(18)24)13-11-16(23)10-12-17-7-6-14-28-17/h2,4,6-7,11,13-14,16,18-21,23-25H,3,5,8-10,12,15H2,1H3/b4-2-,13-11+/t16-,18+,19+,20-,21+/m0/s1. The predicted octanol–water partition coefficient (Wildman–Crippen LogP) is 3.25. The van der Waals surface area contributed by atoms with Gasteiger partial charge in [0.05, 0.1) is 25.4 Å². The molecule has 1 aliphatic carbocycles. The Morgan fingerprint density at radius 3 is 2.89 bits per heavy atom. The van der Waals surface area contributed by atoms with Crippen LogP contribution in [0.3, 0.4) is 0 Å². The molecule has 1 heterocycles. The summed E-state index contributed by atoms with van der Waals surface area (Å²) in [6, 6.07) is 4.07. The second-order valence-electron chi connectivity index (χ2n) is 7.36. The average molecular weight is 409 g/mol. The fourth-order valence-corrected chi connectivity index (χ4v) is 4.37. The molecule has 0 spiro atoms. The maximum atomic E-state index is 11.1. The number of carbonyl (C=O) groups excluding carboxylic acids is 1. The number of aliphatic hydroxyl groups excluding tert-OH is 3. The molecule has 28 heavy (non-hydrogen) atoms. The molecule has 2 rings (SSSR count). The summed E-state index contributed by atoms with van der Waals surface area (Å²) in [6.07, 6.45) is 10.4. The Balaban J connectivity index is 1.79. The Hall–Kier alpha value is -1.47. The first-order valence-corrected chi connectivity index (χ1v) is 10.9. The fraction of sp³-hybridized carbons (Fsp3) is 0.591. The Labute approximate surface area is 171 Å². The lowest BCUT2D eigenvalue weighted by molar-refractivity contribution is -0.140.